The van der Waals surface area contributed by atoms with Crippen molar-refractivity contribution in [1.29, 1.82) is 0 Å². The number of rotatable bonds is 2. The van der Waals surface area contributed by atoms with Crippen molar-refractivity contribution in [2.75, 3.05) is 26.5 Å². The standard InChI is InChI=1S/C9H14N2O4S/c1-14-8-4-3-7-9(10-8)11(5-6-15-7)16(2,12)13/h3-4,9-10H,5-6H2,1-2H3. The maximum absolute atomic E-state index is 11.6. The first-order chi connectivity index (χ1) is 7.52. The van der Waals surface area contributed by atoms with Crippen LogP contribution < -0.4 is 5.32 Å². The fourth-order valence-electron chi connectivity index (χ4n) is 1.71. The first-order valence-corrected chi connectivity index (χ1v) is 6.69. The van der Waals surface area contributed by atoms with Crippen LogP contribution in [0.3, 0.4) is 0 Å². The molecule has 0 amide bonds. The highest BCUT2D eigenvalue weighted by atomic mass is 32.2. The third-order valence-corrected chi connectivity index (χ3v) is 3.71. The Kier molecular flexibility index (Phi) is 2.81. The van der Waals surface area contributed by atoms with Gasteiger partial charge in [0.05, 0.1) is 19.9 Å². The minimum absolute atomic E-state index is 0.338. The zero-order valence-electron chi connectivity index (χ0n) is 9.13. The lowest BCUT2D eigenvalue weighted by Crippen LogP contribution is -2.54. The largest absolute Gasteiger partial charge is 0.493 e. The zero-order chi connectivity index (χ0) is 11.8. The molecule has 0 aromatic rings. The average molecular weight is 246 g/mol. The molecule has 0 aliphatic carbocycles. The van der Waals surface area contributed by atoms with Crippen molar-refractivity contribution in [1.82, 2.24) is 9.62 Å². The summed E-state index contributed by atoms with van der Waals surface area (Å²) in [6, 6.07) is 0. The number of hydrogen-bond donors (Lipinski definition) is 1. The molecule has 1 unspecified atom stereocenters. The smallest absolute Gasteiger partial charge is 0.213 e. The van der Waals surface area contributed by atoms with E-state index in [2.05, 4.69) is 5.32 Å². The Morgan fingerprint density at radius 1 is 1.56 bits per heavy atom. The van der Waals surface area contributed by atoms with Gasteiger partial charge in [-0.25, -0.2) is 8.42 Å². The highest BCUT2D eigenvalue weighted by Crippen LogP contribution is 2.22. The molecule has 1 atom stereocenters. The van der Waals surface area contributed by atoms with Crippen molar-refractivity contribution < 1.29 is 17.9 Å². The van der Waals surface area contributed by atoms with Crippen molar-refractivity contribution in [2.45, 2.75) is 6.17 Å². The summed E-state index contributed by atoms with van der Waals surface area (Å²) in [5.41, 5.74) is 0. The van der Waals surface area contributed by atoms with Gasteiger partial charge in [-0.2, -0.15) is 4.31 Å². The van der Waals surface area contributed by atoms with Gasteiger partial charge in [0, 0.05) is 6.08 Å². The van der Waals surface area contributed by atoms with Gasteiger partial charge in [0.15, 0.2) is 12.0 Å². The van der Waals surface area contributed by atoms with E-state index in [4.69, 9.17) is 9.47 Å². The number of fused-ring (bicyclic) bond motifs is 1. The maximum atomic E-state index is 11.6. The molecule has 7 heteroatoms. The van der Waals surface area contributed by atoms with Crippen LogP contribution in [0.4, 0.5) is 0 Å². The van der Waals surface area contributed by atoms with Gasteiger partial charge in [-0.15, -0.1) is 0 Å². The molecule has 90 valence electrons. The molecular formula is C9H14N2O4S. The van der Waals surface area contributed by atoms with Gasteiger partial charge in [-0.1, -0.05) is 0 Å². The summed E-state index contributed by atoms with van der Waals surface area (Å²) in [5, 5.41) is 2.95. The van der Waals surface area contributed by atoms with Crippen LogP contribution in [0, 0.1) is 0 Å². The fourth-order valence-corrected chi connectivity index (χ4v) is 2.66. The molecule has 0 saturated carbocycles. The predicted octanol–water partition coefficient (Wildman–Crippen LogP) is -0.421. The Labute approximate surface area is 94.6 Å². The van der Waals surface area contributed by atoms with Crippen LogP contribution in [0.25, 0.3) is 0 Å². The summed E-state index contributed by atoms with van der Waals surface area (Å²) in [5.74, 6) is 1.12. The van der Waals surface area contributed by atoms with Crippen molar-refractivity contribution in [3.63, 3.8) is 0 Å². The third kappa shape index (κ3) is 2.00. The Hall–Kier alpha value is -1.21. The second kappa shape index (κ2) is 3.99. The number of nitrogens with one attached hydrogen (secondary N) is 1. The van der Waals surface area contributed by atoms with E-state index < -0.39 is 16.2 Å². The Morgan fingerprint density at radius 2 is 2.31 bits per heavy atom. The monoisotopic (exact) mass is 246 g/mol. The van der Waals surface area contributed by atoms with Crippen molar-refractivity contribution in [2.24, 2.45) is 0 Å². The summed E-state index contributed by atoms with van der Waals surface area (Å²) in [6.07, 6.45) is 4.11. The van der Waals surface area contributed by atoms with E-state index in [1.807, 2.05) is 0 Å². The van der Waals surface area contributed by atoms with Gasteiger partial charge < -0.3 is 14.8 Å². The van der Waals surface area contributed by atoms with Crippen LogP contribution >= 0.6 is 0 Å². The SMILES string of the molecule is COC1=CC=C2OCCN(S(C)(=O)=O)C2N1. The number of nitrogens with zero attached hydrogens (tertiary/aromatic N) is 1. The van der Waals surface area contributed by atoms with Gasteiger partial charge in [-0.3, -0.25) is 0 Å². The van der Waals surface area contributed by atoms with E-state index in [1.54, 1.807) is 12.2 Å². The summed E-state index contributed by atoms with van der Waals surface area (Å²) in [4.78, 5) is 0. The van der Waals surface area contributed by atoms with Gasteiger partial charge in [0.25, 0.3) is 0 Å². The minimum Gasteiger partial charge on any atom is -0.493 e. The number of allylic oxidation sites excluding steroid dienone is 2. The second-order valence-corrected chi connectivity index (χ2v) is 5.51. The van der Waals surface area contributed by atoms with Crippen LogP contribution in [-0.2, 0) is 19.5 Å². The number of sulfonamides is 1. The number of ether oxygens (including phenoxy) is 2. The van der Waals surface area contributed by atoms with E-state index in [-0.39, 0.29) is 0 Å². The van der Waals surface area contributed by atoms with Gasteiger partial charge in [-0.05, 0) is 6.08 Å². The fraction of sp³-hybridized carbons (Fsp3) is 0.556. The van der Waals surface area contributed by atoms with E-state index in [9.17, 15) is 8.42 Å². The summed E-state index contributed by atoms with van der Waals surface area (Å²) >= 11 is 0. The van der Waals surface area contributed by atoms with Crippen molar-refractivity contribution >= 4 is 10.0 Å². The van der Waals surface area contributed by atoms with Crippen LogP contribution in [0.1, 0.15) is 0 Å². The molecule has 2 heterocycles. The maximum Gasteiger partial charge on any atom is 0.213 e. The van der Waals surface area contributed by atoms with Gasteiger partial charge in [0.2, 0.25) is 10.0 Å². The first-order valence-electron chi connectivity index (χ1n) is 4.84. The highest BCUT2D eigenvalue weighted by molar-refractivity contribution is 7.88. The first kappa shape index (κ1) is 11.3. The Bertz CT molecular complexity index is 440. The summed E-state index contributed by atoms with van der Waals surface area (Å²) < 4.78 is 34.9. The molecule has 2 aliphatic heterocycles. The Balaban J connectivity index is 2.29. The number of dihydropyridines is 1. The van der Waals surface area contributed by atoms with Crippen LogP contribution in [0.2, 0.25) is 0 Å². The predicted molar refractivity (Wildman–Crippen MR) is 57.6 cm³/mol. The molecule has 1 saturated heterocycles. The second-order valence-electron chi connectivity index (χ2n) is 3.57. The molecule has 6 nitrogen and oxygen atoms in total. The van der Waals surface area contributed by atoms with E-state index in [0.29, 0.717) is 24.8 Å². The van der Waals surface area contributed by atoms with Crippen molar-refractivity contribution in [3.8, 4) is 0 Å². The minimum atomic E-state index is -3.26. The summed E-state index contributed by atoms with van der Waals surface area (Å²) in [6.45, 7) is 0.706. The molecule has 0 bridgehead atoms. The van der Waals surface area contributed by atoms with Crippen LogP contribution in [0.5, 0.6) is 0 Å². The van der Waals surface area contributed by atoms with Crippen LogP contribution in [0.15, 0.2) is 23.8 Å². The third-order valence-electron chi connectivity index (χ3n) is 2.46. The van der Waals surface area contributed by atoms with Crippen LogP contribution in [-0.4, -0.2) is 45.4 Å². The van der Waals surface area contributed by atoms with Gasteiger partial charge >= 0.3 is 0 Å². The topological polar surface area (TPSA) is 67.9 Å². The molecule has 1 N–H and O–H groups in total. The summed E-state index contributed by atoms with van der Waals surface area (Å²) in [7, 11) is -1.74. The zero-order valence-corrected chi connectivity index (χ0v) is 9.95. The van der Waals surface area contributed by atoms with Crippen molar-refractivity contribution in [3.05, 3.63) is 23.8 Å². The molecule has 16 heavy (non-hydrogen) atoms. The molecule has 2 rings (SSSR count). The lowest BCUT2D eigenvalue weighted by atomic mass is 10.2. The molecule has 0 aromatic carbocycles. The molecule has 0 radical (unpaired) electrons. The highest BCUT2D eigenvalue weighted by Gasteiger charge is 2.35. The lowest BCUT2D eigenvalue weighted by Gasteiger charge is -2.37. The number of methoxy groups -OCH3 is 1. The molecule has 0 spiro atoms. The molecular weight excluding hydrogens is 232 g/mol. The average Bonchev–Trinajstić information content (AvgIpc) is 2.26. The number of hydrogen-bond acceptors (Lipinski definition) is 5. The van der Waals surface area contributed by atoms with Gasteiger partial charge in [0.1, 0.15) is 12.4 Å². The number of morpholine rings is 1. The molecule has 2 aliphatic rings. The molecule has 1 fully saturated rings. The lowest BCUT2D eigenvalue weighted by molar-refractivity contribution is 0.0744. The quantitative estimate of drug-likeness (QED) is 0.716. The molecule has 0 aromatic heterocycles. The normalized spacial score (nSPS) is 25.8. The van der Waals surface area contributed by atoms with E-state index >= 15 is 0 Å². The van der Waals surface area contributed by atoms with E-state index in [0.717, 1.165) is 0 Å². The van der Waals surface area contributed by atoms with E-state index in [1.165, 1.54) is 17.7 Å². The Morgan fingerprint density at radius 3 is 2.94 bits per heavy atom.